The molecule has 0 saturated heterocycles. The average molecular weight is 510 g/mol. The van der Waals surface area contributed by atoms with Gasteiger partial charge in [0.2, 0.25) is 17.5 Å². The average Bonchev–Trinajstić information content (AvgIpc) is 3.58. The van der Waals surface area contributed by atoms with E-state index in [2.05, 4.69) is 25.6 Å². The van der Waals surface area contributed by atoms with Gasteiger partial charge >= 0.3 is 0 Å². The number of ether oxygens (including phenoxy) is 1. The first kappa shape index (κ1) is 26.0. The maximum absolute atomic E-state index is 14.6. The second kappa shape index (κ2) is 11.3. The molecule has 1 unspecified atom stereocenters. The minimum absolute atomic E-state index is 0.142. The number of hydrogen-bond acceptors (Lipinski definition) is 9. The number of carbonyl (C=O) groups is 1. The van der Waals surface area contributed by atoms with Crippen molar-refractivity contribution in [1.29, 1.82) is 0 Å². The Bertz CT molecular complexity index is 1350. The molecule has 2 aromatic heterocycles. The van der Waals surface area contributed by atoms with E-state index in [1.807, 2.05) is 32.9 Å². The summed E-state index contributed by atoms with van der Waals surface area (Å²) >= 11 is 0. The van der Waals surface area contributed by atoms with Crippen molar-refractivity contribution in [3.63, 3.8) is 0 Å². The van der Waals surface area contributed by atoms with Crippen LogP contribution in [-0.2, 0) is 0 Å². The number of nitrogens with zero attached hydrogens (tertiary/aromatic N) is 4. The highest BCUT2D eigenvalue weighted by Gasteiger charge is 2.22. The van der Waals surface area contributed by atoms with Crippen LogP contribution in [-0.4, -0.2) is 43.9 Å². The van der Waals surface area contributed by atoms with Gasteiger partial charge in [-0.1, -0.05) is 37.2 Å². The largest absolute Gasteiger partial charge is 0.481 e. The van der Waals surface area contributed by atoms with E-state index >= 15 is 0 Å². The number of halogens is 1. The Balaban J connectivity index is 1.45. The molecule has 194 valence electrons. The third-order valence-electron chi connectivity index (χ3n) is 5.54. The van der Waals surface area contributed by atoms with Crippen molar-refractivity contribution in [3.05, 3.63) is 65.6 Å². The Morgan fingerprint density at radius 3 is 2.22 bits per heavy atom. The van der Waals surface area contributed by atoms with E-state index in [-0.39, 0.29) is 29.8 Å². The van der Waals surface area contributed by atoms with Crippen LogP contribution in [0.1, 0.15) is 68.3 Å². The lowest BCUT2D eigenvalue weighted by Crippen LogP contribution is -2.35. The quantitative estimate of drug-likeness (QED) is 0.312. The molecule has 0 aliphatic heterocycles. The van der Waals surface area contributed by atoms with Gasteiger partial charge in [-0.15, -0.1) is 0 Å². The van der Waals surface area contributed by atoms with E-state index in [9.17, 15) is 9.18 Å². The molecule has 0 radical (unpaired) electrons. The third-order valence-corrected chi connectivity index (χ3v) is 5.54. The van der Waals surface area contributed by atoms with Crippen LogP contribution in [0.15, 0.2) is 51.5 Å². The lowest BCUT2D eigenvalue weighted by Gasteiger charge is -2.13. The minimum atomic E-state index is -0.739. The highest BCUT2D eigenvalue weighted by Crippen LogP contribution is 2.28. The van der Waals surface area contributed by atoms with Crippen molar-refractivity contribution in [1.82, 2.24) is 25.6 Å². The zero-order valence-corrected chi connectivity index (χ0v) is 20.9. The van der Waals surface area contributed by atoms with Crippen molar-refractivity contribution in [2.75, 3.05) is 6.61 Å². The molecule has 0 aliphatic rings. The molecule has 2 heterocycles. The van der Waals surface area contributed by atoms with Gasteiger partial charge in [0.15, 0.2) is 6.10 Å². The highest BCUT2D eigenvalue weighted by atomic mass is 19.1. The molecule has 0 spiro atoms. The SMILES string of the molecule is CCC(Oc1ccc(-c2noc(C(C)C)n2)cc1)c1nc(-c2ccc(C(=O)N[C@@H](C)CO)c(F)c2)no1. The molecule has 0 fully saturated rings. The van der Waals surface area contributed by atoms with Crippen molar-refractivity contribution in [2.24, 2.45) is 0 Å². The van der Waals surface area contributed by atoms with Crippen LogP contribution in [0.25, 0.3) is 22.8 Å². The molecular formula is C26H28FN5O5. The Hall–Kier alpha value is -4.12. The summed E-state index contributed by atoms with van der Waals surface area (Å²) in [5.74, 6) is 0.844. The lowest BCUT2D eigenvalue weighted by atomic mass is 10.1. The fraction of sp³-hybridized carbons (Fsp3) is 0.346. The Kier molecular flexibility index (Phi) is 7.92. The van der Waals surface area contributed by atoms with Crippen LogP contribution >= 0.6 is 0 Å². The van der Waals surface area contributed by atoms with Crippen molar-refractivity contribution in [2.45, 2.75) is 52.2 Å². The zero-order chi connectivity index (χ0) is 26.5. The number of benzene rings is 2. The van der Waals surface area contributed by atoms with E-state index in [0.717, 1.165) is 11.6 Å². The summed E-state index contributed by atoms with van der Waals surface area (Å²) in [5.41, 5.74) is 0.993. The number of rotatable bonds is 10. The number of amides is 1. The first-order chi connectivity index (χ1) is 17.8. The Labute approximate surface area is 212 Å². The van der Waals surface area contributed by atoms with Gasteiger partial charge in [-0.3, -0.25) is 4.79 Å². The molecule has 0 aliphatic carbocycles. The molecular weight excluding hydrogens is 481 g/mol. The topological polar surface area (TPSA) is 136 Å². The normalized spacial score (nSPS) is 12.9. The summed E-state index contributed by atoms with van der Waals surface area (Å²) in [6.45, 7) is 7.23. The van der Waals surface area contributed by atoms with Gasteiger partial charge in [-0.2, -0.15) is 9.97 Å². The summed E-state index contributed by atoms with van der Waals surface area (Å²) in [6, 6.07) is 10.8. The highest BCUT2D eigenvalue weighted by molar-refractivity contribution is 5.95. The second-order valence-corrected chi connectivity index (χ2v) is 8.86. The van der Waals surface area contributed by atoms with Gasteiger partial charge in [0.1, 0.15) is 11.6 Å². The maximum atomic E-state index is 14.6. The molecule has 2 N–H and O–H groups in total. The molecule has 4 rings (SSSR count). The predicted molar refractivity (Wildman–Crippen MR) is 131 cm³/mol. The summed E-state index contributed by atoms with van der Waals surface area (Å²) < 4.78 is 31.3. The second-order valence-electron chi connectivity index (χ2n) is 8.86. The van der Waals surface area contributed by atoms with Gasteiger partial charge in [-0.25, -0.2) is 4.39 Å². The molecule has 0 bridgehead atoms. The summed E-state index contributed by atoms with van der Waals surface area (Å²) in [4.78, 5) is 20.9. The fourth-order valence-electron chi connectivity index (χ4n) is 3.41. The number of nitrogens with one attached hydrogen (secondary N) is 1. The summed E-state index contributed by atoms with van der Waals surface area (Å²) in [5, 5.41) is 19.5. The van der Waals surface area contributed by atoms with E-state index in [4.69, 9.17) is 18.9 Å². The zero-order valence-electron chi connectivity index (χ0n) is 20.9. The van der Waals surface area contributed by atoms with Gasteiger partial charge in [0.05, 0.1) is 12.2 Å². The number of aliphatic hydroxyl groups excluding tert-OH is 1. The Morgan fingerprint density at radius 1 is 1.00 bits per heavy atom. The number of carbonyl (C=O) groups excluding carboxylic acids is 1. The number of aliphatic hydroxyl groups is 1. The third kappa shape index (κ3) is 6.00. The van der Waals surface area contributed by atoms with Gasteiger partial charge in [0.25, 0.3) is 11.8 Å². The van der Waals surface area contributed by atoms with Crippen molar-refractivity contribution >= 4 is 5.91 Å². The first-order valence-corrected chi connectivity index (χ1v) is 11.9. The van der Waals surface area contributed by atoms with Crippen LogP contribution in [0.3, 0.4) is 0 Å². The van der Waals surface area contributed by atoms with Crippen molar-refractivity contribution < 1.29 is 28.1 Å². The molecule has 11 heteroatoms. The van der Waals surface area contributed by atoms with Crippen LogP contribution in [0.5, 0.6) is 5.75 Å². The van der Waals surface area contributed by atoms with Crippen LogP contribution in [0, 0.1) is 5.82 Å². The van der Waals surface area contributed by atoms with Crippen LogP contribution in [0.2, 0.25) is 0 Å². The summed E-state index contributed by atoms with van der Waals surface area (Å²) in [6.07, 6.45) is 0.0161. The van der Waals surface area contributed by atoms with E-state index in [1.165, 1.54) is 12.1 Å². The van der Waals surface area contributed by atoms with Crippen LogP contribution in [0.4, 0.5) is 4.39 Å². The predicted octanol–water partition coefficient (Wildman–Crippen LogP) is 4.69. The molecule has 37 heavy (non-hydrogen) atoms. The molecule has 0 saturated carbocycles. The number of aromatic nitrogens is 4. The fourth-order valence-corrected chi connectivity index (χ4v) is 3.41. The van der Waals surface area contributed by atoms with Gasteiger partial charge in [-0.05, 0) is 49.7 Å². The number of hydrogen-bond donors (Lipinski definition) is 2. The monoisotopic (exact) mass is 509 g/mol. The first-order valence-electron chi connectivity index (χ1n) is 11.9. The molecule has 10 nitrogen and oxygen atoms in total. The minimum Gasteiger partial charge on any atom is -0.481 e. The van der Waals surface area contributed by atoms with E-state index in [1.54, 1.807) is 19.1 Å². The molecule has 1 amide bonds. The maximum Gasteiger partial charge on any atom is 0.268 e. The summed E-state index contributed by atoms with van der Waals surface area (Å²) in [7, 11) is 0. The van der Waals surface area contributed by atoms with Crippen LogP contribution < -0.4 is 10.1 Å². The smallest absolute Gasteiger partial charge is 0.268 e. The van der Waals surface area contributed by atoms with E-state index < -0.39 is 23.9 Å². The van der Waals surface area contributed by atoms with Gasteiger partial charge < -0.3 is 24.2 Å². The lowest BCUT2D eigenvalue weighted by molar-refractivity contribution is 0.0918. The molecule has 2 aromatic carbocycles. The van der Waals surface area contributed by atoms with Crippen molar-refractivity contribution in [3.8, 4) is 28.5 Å². The molecule has 2 atom stereocenters. The standard InChI is InChI=1S/C26H28FN5O5/c1-5-21(35-18-9-6-16(7-10-18)22-29-25(14(2)3)36-31-22)26-30-23(32-37-26)17-8-11-19(20(27)12-17)24(34)28-15(4)13-33/h6-12,14-15,21,33H,5,13H2,1-4H3,(H,28,34)/t15-,21?/m0/s1. The molecule has 4 aromatic rings. The van der Waals surface area contributed by atoms with Gasteiger partial charge in [0, 0.05) is 23.1 Å². The Morgan fingerprint density at radius 2 is 1.62 bits per heavy atom. The van der Waals surface area contributed by atoms with E-state index in [0.29, 0.717) is 29.4 Å².